The van der Waals surface area contributed by atoms with E-state index >= 15 is 0 Å². The van der Waals surface area contributed by atoms with Crippen molar-refractivity contribution in [2.24, 2.45) is 0 Å². The summed E-state index contributed by atoms with van der Waals surface area (Å²) in [7, 11) is 0. The van der Waals surface area contributed by atoms with Gasteiger partial charge in [0.1, 0.15) is 10.8 Å². The van der Waals surface area contributed by atoms with Crippen molar-refractivity contribution in [1.29, 1.82) is 0 Å². The smallest absolute Gasteiger partial charge is 0.338 e. The molecule has 0 fully saturated rings. The molecule has 1 aromatic heterocycles. The van der Waals surface area contributed by atoms with E-state index in [9.17, 15) is 14.0 Å². The minimum absolute atomic E-state index is 0.0216. The first-order valence-electron chi connectivity index (χ1n) is 5.49. The van der Waals surface area contributed by atoms with Crippen LogP contribution in [0.25, 0.3) is 0 Å². The first-order valence-corrected chi connectivity index (χ1v) is 7.10. The van der Waals surface area contributed by atoms with Gasteiger partial charge in [-0.15, -0.1) is 11.3 Å². The van der Waals surface area contributed by atoms with Crippen LogP contribution in [0.2, 0.25) is 0 Å². The fourth-order valence-electron chi connectivity index (χ4n) is 1.62. The van der Waals surface area contributed by atoms with Crippen LogP contribution in [-0.4, -0.2) is 17.0 Å². The molecule has 1 amide bonds. The second kappa shape index (κ2) is 5.72. The summed E-state index contributed by atoms with van der Waals surface area (Å²) in [5.74, 6) is -2.25. The monoisotopic (exact) mass is 357 g/mol. The molecule has 0 bridgehead atoms. The van der Waals surface area contributed by atoms with Crippen molar-refractivity contribution < 1.29 is 19.1 Å². The van der Waals surface area contributed by atoms with Gasteiger partial charge in [0.05, 0.1) is 15.6 Å². The number of benzene rings is 1. The molecule has 104 valence electrons. The highest BCUT2D eigenvalue weighted by Gasteiger charge is 2.18. The molecule has 0 atom stereocenters. The maximum Gasteiger partial charge on any atom is 0.338 e. The number of carboxylic acids is 1. The van der Waals surface area contributed by atoms with Gasteiger partial charge in [0, 0.05) is 4.88 Å². The molecular weight excluding hydrogens is 349 g/mol. The number of carboxylic acid groups (broad SMARTS) is 1. The van der Waals surface area contributed by atoms with E-state index in [1.807, 2.05) is 0 Å². The predicted octanol–water partition coefficient (Wildman–Crippen LogP) is 3.91. The number of aryl methyl sites for hydroxylation is 1. The maximum atomic E-state index is 13.4. The largest absolute Gasteiger partial charge is 0.478 e. The zero-order chi connectivity index (χ0) is 14.9. The van der Waals surface area contributed by atoms with Crippen LogP contribution in [0.4, 0.5) is 9.39 Å². The van der Waals surface area contributed by atoms with Gasteiger partial charge in [0.15, 0.2) is 0 Å². The van der Waals surface area contributed by atoms with Gasteiger partial charge >= 0.3 is 5.97 Å². The molecule has 0 radical (unpaired) electrons. The van der Waals surface area contributed by atoms with E-state index in [1.54, 1.807) is 6.92 Å². The molecule has 1 aromatic carbocycles. The maximum absolute atomic E-state index is 13.4. The third-order valence-electron chi connectivity index (χ3n) is 2.51. The minimum Gasteiger partial charge on any atom is -0.478 e. The zero-order valence-electron chi connectivity index (χ0n) is 10.2. The summed E-state index contributed by atoms with van der Waals surface area (Å²) in [6, 6.07) is 5.55. The van der Waals surface area contributed by atoms with E-state index in [0.29, 0.717) is 0 Å². The lowest BCUT2D eigenvalue weighted by atomic mass is 10.2. The van der Waals surface area contributed by atoms with Crippen LogP contribution in [0, 0.1) is 12.7 Å². The Morgan fingerprint density at radius 1 is 1.35 bits per heavy atom. The molecule has 20 heavy (non-hydrogen) atoms. The van der Waals surface area contributed by atoms with Crippen molar-refractivity contribution in [3.63, 3.8) is 0 Å². The van der Waals surface area contributed by atoms with Crippen LogP contribution in [0.3, 0.4) is 0 Å². The topological polar surface area (TPSA) is 66.4 Å². The lowest BCUT2D eigenvalue weighted by Gasteiger charge is -2.06. The van der Waals surface area contributed by atoms with Crippen LogP contribution in [-0.2, 0) is 0 Å². The number of rotatable bonds is 3. The lowest BCUT2D eigenvalue weighted by molar-refractivity contribution is 0.0698. The fourth-order valence-corrected chi connectivity index (χ4v) is 2.96. The molecule has 2 aromatic rings. The van der Waals surface area contributed by atoms with Gasteiger partial charge < -0.3 is 10.4 Å². The number of nitrogens with one attached hydrogen (secondary N) is 1. The van der Waals surface area contributed by atoms with Gasteiger partial charge in [-0.25, -0.2) is 9.18 Å². The molecule has 0 saturated heterocycles. The first kappa shape index (κ1) is 14.7. The predicted molar refractivity (Wildman–Crippen MR) is 78.1 cm³/mol. The highest BCUT2D eigenvalue weighted by Crippen LogP contribution is 2.29. The van der Waals surface area contributed by atoms with Crippen molar-refractivity contribution in [3.05, 3.63) is 50.6 Å². The van der Waals surface area contributed by atoms with Gasteiger partial charge in [-0.2, -0.15) is 0 Å². The molecule has 0 aliphatic carbocycles. The van der Waals surface area contributed by atoms with Crippen LogP contribution < -0.4 is 5.32 Å². The number of hydrogen-bond acceptors (Lipinski definition) is 3. The molecule has 0 saturated carbocycles. The van der Waals surface area contributed by atoms with E-state index < -0.39 is 17.7 Å². The number of hydrogen-bond donors (Lipinski definition) is 2. The third kappa shape index (κ3) is 2.88. The molecule has 4 nitrogen and oxygen atoms in total. The molecule has 0 unspecified atom stereocenters. The van der Waals surface area contributed by atoms with Gasteiger partial charge in [0.2, 0.25) is 0 Å². The SMILES string of the molecule is Cc1cc(C(=O)O)c(NC(=O)c2cccc(F)c2Br)s1. The summed E-state index contributed by atoms with van der Waals surface area (Å²) >= 11 is 4.15. The van der Waals surface area contributed by atoms with Crippen molar-refractivity contribution in [2.75, 3.05) is 5.32 Å². The highest BCUT2D eigenvalue weighted by molar-refractivity contribution is 9.10. The number of carbonyl (C=O) groups is 2. The quantitative estimate of drug-likeness (QED) is 0.874. The van der Waals surface area contributed by atoms with E-state index in [4.69, 9.17) is 5.11 Å². The summed E-state index contributed by atoms with van der Waals surface area (Å²) < 4.78 is 13.4. The Morgan fingerprint density at radius 3 is 2.70 bits per heavy atom. The Bertz CT molecular complexity index is 699. The molecule has 0 aliphatic rings. The second-order valence-electron chi connectivity index (χ2n) is 3.96. The number of amides is 1. The molecule has 2 N–H and O–H groups in total. The van der Waals surface area contributed by atoms with Crippen molar-refractivity contribution in [3.8, 4) is 0 Å². The Labute approximate surface area is 126 Å². The Morgan fingerprint density at radius 2 is 2.05 bits per heavy atom. The van der Waals surface area contributed by atoms with Crippen molar-refractivity contribution in [2.45, 2.75) is 6.92 Å². The standard InChI is InChI=1S/C13H9BrFNO3S/c1-6-5-8(13(18)19)12(20-6)16-11(17)7-3-2-4-9(15)10(7)14/h2-5H,1H3,(H,16,17)(H,18,19). The lowest BCUT2D eigenvalue weighted by Crippen LogP contribution is -2.14. The summed E-state index contributed by atoms with van der Waals surface area (Å²) in [6.07, 6.45) is 0. The third-order valence-corrected chi connectivity index (χ3v) is 4.28. The van der Waals surface area contributed by atoms with Crippen LogP contribution in [0.5, 0.6) is 0 Å². The van der Waals surface area contributed by atoms with Crippen molar-refractivity contribution >= 4 is 44.1 Å². The molecule has 0 spiro atoms. The Hall–Kier alpha value is -1.73. The van der Waals surface area contributed by atoms with Gasteiger partial charge in [0.25, 0.3) is 5.91 Å². The molecule has 1 heterocycles. The van der Waals surface area contributed by atoms with Crippen LogP contribution in [0.15, 0.2) is 28.7 Å². The van der Waals surface area contributed by atoms with E-state index in [-0.39, 0.29) is 20.6 Å². The Balaban J connectivity index is 2.33. The zero-order valence-corrected chi connectivity index (χ0v) is 12.6. The molecule has 7 heteroatoms. The number of thiophene rings is 1. The average Bonchev–Trinajstić information content (AvgIpc) is 2.73. The van der Waals surface area contributed by atoms with Gasteiger partial charge in [-0.05, 0) is 41.1 Å². The molecular formula is C13H9BrFNO3S. The van der Waals surface area contributed by atoms with Gasteiger partial charge in [-0.1, -0.05) is 6.07 Å². The summed E-state index contributed by atoms with van der Waals surface area (Å²) in [5, 5.41) is 11.8. The summed E-state index contributed by atoms with van der Waals surface area (Å²) in [4.78, 5) is 23.9. The van der Waals surface area contributed by atoms with Crippen LogP contribution in [0.1, 0.15) is 25.6 Å². The number of anilines is 1. The van der Waals surface area contributed by atoms with Gasteiger partial charge in [-0.3, -0.25) is 4.79 Å². The molecule has 2 rings (SSSR count). The highest BCUT2D eigenvalue weighted by atomic mass is 79.9. The minimum atomic E-state index is -1.12. The number of aromatic carboxylic acids is 1. The number of carbonyl (C=O) groups excluding carboxylic acids is 1. The average molecular weight is 358 g/mol. The normalized spacial score (nSPS) is 10.3. The fraction of sp³-hybridized carbons (Fsp3) is 0.0769. The number of halogens is 2. The van der Waals surface area contributed by atoms with E-state index in [2.05, 4.69) is 21.2 Å². The second-order valence-corrected chi connectivity index (χ2v) is 6.01. The summed E-state index contributed by atoms with van der Waals surface area (Å²) in [5.41, 5.74) is 0.126. The first-order chi connectivity index (χ1) is 9.40. The van der Waals surface area contributed by atoms with Crippen molar-refractivity contribution in [1.82, 2.24) is 0 Å². The molecule has 0 aliphatic heterocycles. The Kier molecular flexibility index (Phi) is 4.20. The van der Waals surface area contributed by atoms with E-state index in [0.717, 1.165) is 16.2 Å². The summed E-state index contributed by atoms with van der Waals surface area (Å²) in [6.45, 7) is 1.74. The van der Waals surface area contributed by atoms with Crippen LogP contribution >= 0.6 is 27.3 Å². The van der Waals surface area contributed by atoms with E-state index in [1.165, 1.54) is 24.3 Å².